The Morgan fingerprint density at radius 3 is 2.33 bits per heavy atom. The second kappa shape index (κ2) is 8.93. The van der Waals surface area contributed by atoms with Gasteiger partial charge in [-0.25, -0.2) is 17.5 Å². The summed E-state index contributed by atoms with van der Waals surface area (Å²) in [5.74, 6) is 0.891. The molecule has 5 aliphatic rings. The number of rotatable bonds is 11. The maximum absolute atomic E-state index is 15.0. The monoisotopic (exact) mass is 479 g/mol. The zero-order chi connectivity index (χ0) is 23.2. The summed E-state index contributed by atoms with van der Waals surface area (Å²) >= 11 is 0. The van der Waals surface area contributed by atoms with Gasteiger partial charge in [0.15, 0.2) is 5.78 Å². The first-order valence-electron chi connectivity index (χ1n) is 12.3. The van der Waals surface area contributed by atoms with Crippen LogP contribution in [0.4, 0.5) is 4.39 Å². The molecular formula is C25H34FNO5S. The van der Waals surface area contributed by atoms with Gasteiger partial charge >= 0.3 is 0 Å². The van der Waals surface area contributed by atoms with Gasteiger partial charge in [0, 0.05) is 24.6 Å². The number of sulfonamides is 1. The average molecular weight is 480 g/mol. The molecule has 0 spiro atoms. The first-order chi connectivity index (χ1) is 15.8. The molecular weight excluding hydrogens is 445 g/mol. The van der Waals surface area contributed by atoms with Crippen LogP contribution >= 0.6 is 0 Å². The number of nitrogens with one attached hydrogen (secondary N) is 1. The van der Waals surface area contributed by atoms with Gasteiger partial charge in [-0.1, -0.05) is 0 Å². The molecule has 0 amide bonds. The SMILES string of the molecule is O=C(CS(=O)(=O)NCCCO)c1cc(C2CC2)c(OCC23CC4CC(CC(C4)C2)C3)cc1F. The molecule has 1 aromatic rings. The summed E-state index contributed by atoms with van der Waals surface area (Å²) in [5.41, 5.74) is 0.844. The summed E-state index contributed by atoms with van der Waals surface area (Å²) in [6.07, 6.45) is 9.88. The van der Waals surface area contributed by atoms with Crippen LogP contribution in [0.2, 0.25) is 0 Å². The minimum atomic E-state index is -3.89. The lowest BCUT2D eigenvalue weighted by molar-refractivity contribution is -0.0747. The smallest absolute Gasteiger partial charge is 0.219 e. The van der Waals surface area contributed by atoms with E-state index in [1.165, 1.54) is 50.7 Å². The van der Waals surface area contributed by atoms with Gasteiger partial charge in [0.05, 0.1) is 12.2 Å². The lowest BCUT2D eigenvalue weighted by atomic mass is 9.50. The predicted octanol–water partition coefficient (Wildman–Crippen LogP) is 3.78. The van der Waals surface area contributed by atoms with Crippen molar-refractivity contribution in [3.8, 4) is 5.75 Å². The van der Waals surface area contributed by atoms with Crippen molar-refractivity contribution in [3.05, 3.63) is 29.1 Å². The summed E-state index contributed by atoms with van der Waals surface area (Å²) in [6.45, 7) is 0.492. The van der Waals surface area contributed by atoms with Crippen LogP contribution in [-0.4, -0.2) is 44.8 Å². The maximum atomic E-state index is 15.0. The lowest BCUT2D eigenvalue weighted by Crippen LogP contribution is -2.48. The van der Waals surface area contributed by atoms with Gasteiger partial charge in [0.2, 0.25) is 10.0 Å². The minimum absolute atomic E-state index is 0.0407. The third kappa shape index (κ3) is 5.13. The molecule has 0 aromatic heterocycles. The number of hydrogen-bond donors (Lipinski definition) is 2. The molecule has 0 unspecified atom stereocenters. The number of benzene rings is 1. The Labute approximate surface area is 195 Å². The van der Waals surface area contributed by atoms with Crippen molar-refractivity contribution >= 4 is 15.8 Å². The van der Waals surface area contributed by atoms with Crippen LogP contribution in [0.3, 0.4) is 0 Å². The summed E-state index contributed by atoms with van der Waals surface area (Å²) in [6, 6.07) is 2.82. The molecule has 5 fully saturated rings. The van der Waals surface area contributed by atoms with Gasteiger partial charge in [-0.15, -0.1) is 0 Å². The highest BCUT2D eigenvalue weighted by atomic mass is 32.2. The topological polar surface area (TPSA) is 92.7 Å². The van der Waals surface area contributed by atoms with E-state index in [1.807, 2.05) is 0 Å². The predicted molar refractivity (Wildman–Crippen MR) is 122 cm³/mol. The Morgan fingerprint density at radius 2 is 1.76 bits per heavy atom. The highest BCUT2D eigenvalue weighted by molar-refractivity contribution is 7.90. The molecule has 2 N–H and O–H groups in total. The average Bonchev–Trinajstić information content (AvgIpc) is 3.56. The molecule has 8 heteroatoms. The van der Waals surface area contributed by atoms with Gasteiger partial charge in [0.25, 0.3) is 0 Å². The first-order valence-corrected chi connectivity index (χ1v) is 14.0. The molecule has 0 saturated heterocycles. The quantitative estimate of drug-likeness (QED) is 0.372. The molecule has 0 radical (unpaired) electrons. The summed E-state index contributed by atoms with van der Waals surface area (Å²) < 4.78 is 47.8. The first kappa shape index (κ1) is 23.2. The standard InChI is InChI=1S/C25H34FNO5S/c26-22-10-24(32-15-25-11-16-6-17(12-25)8-18(7-16)13-25)20(19-2-3-19)9-21(22)23(29)14-33(30,31)27-4-1-5-28/h9-10,16-19,27-28H,1-8,11-15H2. The van der Waals surface area contributed by atoms with Crippen LogP contribution < -0.4 is 9.46 Å². The number of Topliss-reactive ketones (excluding diaryl/α,β-unsaturated/α-hetero) is 1. The van der Waals surface area contributed by atoms with Gasteiger partial charge in [0.1, 0.15) is 17.3 Å². The fourth-order valence-electron chi connectivity index (χ4n) is 6.93. The molecule has 0 atom stereocenters. The Kier molecular flexibility index (Phi) is 6.29. The van der Waals surface area contributed by atoms with E-state index in [0.717, 1.165) is 36.2 Å². The maximum Gasteiger partial charge on any atom is 0.219 e. The van der Waals surface area contributed by atoms with Crippen molar-refractivity contribution < 1.29 is 27.4 Å². The van der Waals surface area contributed by atoms with E-state index in [-0.39, 0.29) is 36.5 Å². The molecule has 6 nitrogen and oxygen atoms in total. The van der Waals surface area contributed by atoms with Crippen LogP contribution in [0.1, 0.15) is 79.6 Å². The third-order valence-corrected chi connectivity index (χ3v) is 9.38. The Bertz CT molecular complexity index is 985. The van der Waals surface area contributed by atoms with E-state index < -0.39 is 27.4 Å². The molecule has 6 rings (SSSR count). The van der Waals surface area contributed by atoms with Crippen LogP contribution in [-0.2, 0) is 10.0 Å². The highest BCUT2D eigenvalue weighted by Crippen LogP contribution is 2.60. The van der Waals surface area contributed by atoms with Gasteiger partial charge < -0.3 is 9.84 Å². The fourth-order valence-corrected chi connectivity index (χ4v) is 7.99. The normalized spacial score (nSPS) is 30.5. The van der Waals surface area contributed by atoms with Crippen molar-refractivity contribution in [3.63, 3.8) is 0 Å². The molecule has 33 heavy (non-hydrogen) atoms. The summed E-state index contributed by atoms with van der Waals surface area (Å²) in [5, 5.41) is 8.80. The van der Waals surface area contributed by atoms with E-state index in [0.29, 0.717) is 12.4 Å². The molecule has 4 bridgehead atoms. The number of aliphatic hydroxyl groups is 1. The summed E-state index contributed by atoms with van der Waals surface area (Å²) in [7, 11) is -3.89. The number of ketones is 1. The van der Waals surface area contributed by atoms with E-state index >= 15 is 0 Å². The van der Waals surface area contributed by atoms with Gasteiger partial charge in [-0.05, 0) is 93.1 Å². The number of ether oxygens (including phenoxy) is 1. The van der Waals surface area contributed by atoms with E-state index in [4.69, 9.17) is 9.84 Å². The molecule has 0 heterocycles. The number of halogens is 1. The molecule has 5 saturated carbocycles. The minimum Gasteiger partial charge on any atom is -0.493 e. The van der Waals surface area contributed by atoms with Crippen molar-refractivity contribution in [2.75, 3.05) is 25.5 Å². The Morgan fingerprint density at radius 1 is 1.12 bits per heavy atom. The molecule has 5 aliphatic carbocycles. The highest BCUT2D eigenvalue weighted by Gasteiger charge is 2.51. The number of carbonyl (C=O) groups excluding carboxylic acids is 1. The number of carbonyl (C=O) groups is 1. The second-order valence-corrected chi connectivity index (χ2v) is 12.8. The van der Waals surface area contributed by atoms with E-state index in [2.05, 4.69) is 4.72 Å². The third-order valence-electron chi connectivity index (χ3n) is 8.09. The number of aliphatic hydroxyl groups excluding tert-OH is 1. The molecule has 0 aliphatic heterocycles. The summed E-state index contributed by atoms with van der Waals surface area (Å²) in [4.78, 5) is 12.7. The van der Waals surface area contributed by atoms with Crippen LogP contribution in [0, 0.1) is 29.0 Å². The van der Waals surface area contributed by atoms with Crippen molar-refractivity contribution in [1.29, 1.82) is 0 Å². The van der Waals surface area contributed by atoms with E-state index in [9.17, 15) is 17.6 Å². The van der Waals surface area contributed by atoms with Crippen molar-refractivity contribution in [2.45, 2.75) is 63.7 Å². The van der Waals surface area contributed by atoms with Crippen molar-refractivity contribution in [2.24, 2.45) is 23.2 Å². The zero-order valence-corrected chi connectivity index (χ0v) is 19.8. The van der Waals surface area contributed by atoms with Crippen LogP contribution in [0.5, 0.6) is 5.75 Å². The number of hydrogen-bond acceptors (Lipinski definition) is 5. The largest absolute Gasteiger partial charge is 0.493 e. The van der Waals surface area contributed by atoms with E-state index in [1.54, 1.807) is 0 Å². The van der Waals surface area contributed by atoms with Crippen LogP contribution in [0.15, 0.2) is 12.1 Å². The van der Waals surface area contributed by atoms with Crippen LogP contribution in [0.25, 0.3) is 0 Å². The Hall–Kier alpha value is -1.51. The van der Waals surface area contributed by atoms with Gasteiger partial charge in [-0.2, -0.15) is 0 Å². The second-order valence-electron chi connectivity index (χ2n) is 11.0. The lowest BCUT2D eigenvalue weighted by Gasteiger charge is -2.56. The molecule has 182 valence electrons. The molecule has 1 aromatic carbocycles. The van der Waals surface area contributed by atoms with Crippen molar-refractivity contribution in [1.82, 2.24) is 4.72 Å². The zero-order valence-electron chi connectivity index (χ0n) is 19.0. The fraction of sp³-hybridized carbons (Fsp3) is 0.720. The Balaban J connectivity index is 1.30. The van der Waals surface area contributed by atoms with Gasteiger partial charge in [-0.3, -0.25) is 4.79 Å².